The third-order valence-corrected chi connectivity index (χ3v) is 3.72. The van der Waals surface area contributed by atoms with Crippen LogP contribution in [0.1, 0.15) is 17.0 Å². The number of hydrogen-bond acceptors (Lipinski definition) is 6. The molecule has 1 aromatic heterocycles. The summed E-state index contributed by atoms with van der Waals surface area (Å²) >= 11 is 0. The number of rotatable bonds is 6. The number of aromatic nitrogens is 4. The van der Waals surface area contributed by atoms with Crippen LogP contribution in [0.5, 0.6) is 0 Å². The minimum absolute atomic E-state index is 0.00934. The molecule has 0 atom stereocenters. The monoisotopic (exact) mass is 282 g/mol. The number of aromatic amines is 1. The van der Waals surface area contributed by atoms with Gasteiger partial charge >= 0.3 is 0 Å². The van der Waals surface area contributed by atoms with Gasteiger partial charge in [0.05, 0.1) is 12.3 Å². The van der Waals surface area contributed by atoms with Gasteiger partial charge in [0.1, 0.15) is 0 Å². The quantitative estimate of drug-likeness (QED) is 0.641. The van der Waals surface area contributed by atoms with E-state index < -0.39 is 10.0 Å². The fourth-order valence-corrected chi connectivity index (χ4v) is 2.62. The van der Waals surface area contributed by atoms with E-state index in [1.54, 1.807) is 18.2 Å². The minimum Gasteiger partial charge on any atom is -0.326 e. The molecule has 2 aromatic rings. The summed E-state index contributed by atoms with van der Waals surface area (Å²) in [6, 6.07) is 7.15. The lowest BCUT2D eigenvalue weighted by Crippen LogP contribution is -2.25. The Morgan fingerprint density at radius 1 is 1.32 bits per heavy atom. The Balaban J connectivity index is 2.00. The summed E-state index contributed by atoms with van der Waals surface area (Å²) in [4.78, 5) is 0. The third kappa shape index (κ3) is 4.09. The summed E-state index contributed by atoms with van der Waals surface area (Å²) in [5, 5.41) is 12.9. The topological polar surface area (TPSA) is 127 Å². The Morgan fingerprint density at radius 3 is 2.79 bits per heavy atom. The molecule has 0 fully saturated rings. The summed E-state index contributed by atoms with van der Waals surface area (Å²) in [6.07, 6.45) is 0. The SMILES string of the molecule is NCc1cccc(CS(=O)(=O)NCc2nn[nH]n2)c1. The largest absolute Gasteiger partial charge is 0.326 e. The van der Waals surface area contributed by atoms with Crippen LogP contribution in [0.2, 0.25) is 0 Å². The maximum atomic E-state index is 11.9. The number of tetrazole rings is 1. The second-order valence-electron chi connectivity index (χ2n) is 3.93. The first-order valence-corrected chi connectivity index (χ1v) is 7.22. The molecule has 0 aliphatic carbocycles. The first-order chi connectivity index (χ1) is 9.09. The van der Waals surface area contributed by atoms with Crippen molar-refractivity contribution in [1.29, 1.82) is 0 Å². The zero-order valence-corrected chi connectivity index (χ0v) is 10.9. The fourth-order valence-electron chi connectivity index (χ4n) is 1.55. The summed E-state index contributed by atoms with van der Waals surface area (Å²) < 4.78 is 26.1. The van der Waals surface area contributed by atoms with Crippen molar-refractivity contribution in [2.45, 2.75) is 18.8 Å². The first kappa shape index (κ1) is 13.6. The highest BCUT2D eigenvalue weighted by Gasteiger charge is 2.12. The second-order valence-corrected chi connectivity index (χ2v) is 5.74. The summed E-state index contributed by atoms with van der Waals surface area (Å²) in [5.74, 6) is 0.179. The van der Waals surface area contributed by atoms with E-state index in [0.29, 0.717) is 17.9 Å². The van der Waals surface area contributed by atoms with Gasteiger partial charge in [-0.3, -0.25) is 0 Å². The molecule has 0 spiro atoms. The fraction of sp³-hybridized carbons (Fsp3) is 0.300. The Hall–Kier alpha value is -1.84. The number of nitrogens with one attached hydrogen (secondary N) is 2. The van der Waals surface area contributed by atoms with Crippen LogP contribution < -0.4 is 10.5 Å². The molecule has 4 N–H and O–H groups in total. The lowest BCUT2D eigenvalue weighted by molar-refractivity contribution is 0.578. The van der Waals surface area contributed by atoms with E-state index in [2.05, 4.69) is 25.3 Å². The molecule has 0 saturated carbocycles. The molecule has 0 saturated heterocycles. The molecule has 1 aromatic carbocycles. The highest BCUT2D eigenvalue weighted by atomic mass is 32.2. The van der Waals surface area contributed by atoms with Gasteiger partial charge in [0, 0.05) is 6.54 Å². The smallest absolute Gasteiger partial charge is 0.216 e. The van der Waals surface area contributed by atoms with Gasteiger partial charge in [0.25, 0.3) is 0 Å². The third-order valence-electron chi connectivity index (χ3n) is 2.42. The van der Waals surface area contributed by atoms with Crippen molar-refractivity contribution in [1.82, 2.24) is 25.3 Å². The van der Waals surface area contributed by atoms with Crippen LogP contribution in [0.3, 0.4) is 0 Å². The van der Waals surface area contributed by atoms with E-state index in [-0.39, 0.29) is 12.3 Å². The van der Waals surface area contributed by atoms with Crippen LogP contribution in [0, 0.1) is 0 Å². The zero-order valence-electron chi connectivity index (χ0n) is 10.1. The van der Waals surface area contributed by atoms with Crippen LogP contribution in [0.4, 0.5) is 0 Å². The summed E-state index contributed by atoms with van der Waals surface area (Å²) in [7, 11) is -3.45. The van der Waals surface area contributed by atoms with Gasteiger partial charge < -0.3 is 5.73 Å². The van der Waals surface area contributed by atoms with E-state index in [1.807, 2.05) is 6.07 Å². The Bertz CT molecular complexity index is 625. The molecule has 8 nitrogen and oxygen atoms in total. The molecular weight excluding hydrogens is 268 g/mol. The van der Waals surface area contributed by atoms with Gasteiger partial charge in [-0.05, 0) is 11.1 Å². The van der Waals surface area contributed by atoms with Crippen molar-refractivity contribution in [3.8, 4) is 0 Å². The highest BCUT2D eigenvalue weighted by molar-refractivity contribution is 7.88. The molecule has 0 amide bonds. The molecule has 0 aliphatic rings. The summed E-state index contributed by atoms with van der Waals surface area (Å²) in [5.41, 5.74) is 7.09. The van der Waals surface area contributed by atoms with Crippen molar-refractivity contribution in [2.24, 2.45) is 5.73 Å². The first-order valence-electron chi connectivity index (χ1n) is 5.56. The lowest BCUT2D eigenvalue weighted by atomic mass is 10.1. The Morgan fingerprint density at radius 2 is 2.11 bits per heavy atom. The predicted octanol–water partition coefficient (Wildman–Crippen LogP) is -0.722. The van der Waals surface area contributed by atoms with E-state index in [9.17, 15) is 8.42 Å². The number of nitrogens with zero attached hydrogens (tertiary/aromatic N) is 3. The number of benzene rings is 1. The standard InChI is InChI=1S/C10H14N6O2S/c11-5-8-2-1-3-9(4-8)7-19(17,18)12-6-10-13-15-16-14-10/h1-4,12H,5-7,11H2,(H,13,14,15,16). The Kier molecular flexibility index (Phi) is 4.20. The van der Waals surface area contributed by atoms with Gasteiger partial charge in [0.2, 0.25) is 10.0 Å². The van der Waals surface area contributed by atoms with E-state index >= 15 is 0 Å². The summed E-state index contributed by atoms with van der Waals surface area (Å²) in [6.45, 7) is 0.388. The maximum absolute atomic E-state index is 11.9. The number of H-pyrrole nitrogens is 1. The van der Waals surface area contributed by atoms with Crippen LogP contribution in [0.25, 0.3) is 0 Å². The van der Waals surface area contributed by atoms with Crippen molar-refractivity contribution in [2.75, 3.05) is 0 Å². The maximum Gasteiger partial charge on any atom is 0.216 e. The van der Waals surface area contributed by atoms with Crippen LogP contribution in [-0.2, 0) is 28.9 Å². The van der Waals surface area contributed by atoms with Crippen molar-refractivity contribution in [3.63, 3.8) is 0 Å². The molecule has 19 heavy (non-hydrogen) atoms. The lowest BCUT2D eigenvalue weighted by Gasteiger charge is -2.06. The Labute approximate surface area is 110 Å². The van der Waals surface area contributed by atoms with E-state index in [4.69, 9.17) is 5.73 Å². The number of nitrogens with two attached hydrogens (primary N) is 1. The second kappa shape index (κ2) is 5.87. The molecule has 102 valence electrons. The van der Waals surface area contributed by atoms with E-state index in [1.165, 1.54) is 0 Å². The van der Waals surface area contributed by atoms with Crippen molar-refractivity contribution < 1.29 is 8.42 Å². The van der Waals surface area contributed by atoms with Gasteiger partial charge in [0.15, 0.2) is 5.82 Å². The molecule has 0 unspecified atom stereocenters. The van der Waals surface area contributed by atoms with Gasteiger partial charge in [-0.1, -0.05) is 29.5 Å². The van der Waals surface area contributed by atoms with Crippen LogP contribution >= 0.6 is 0 Å². The zero-order chi connectivity index (χ0) is 13.7. The molecule has 1 heterocycles. The van der Waals surface area contributed by atoms with Crippen molar-refractivity contribution >= 4 is 10.0 Å². The van der Waals surface area contributed by atoms with Crippen LogP contribution in [0.15, 0.2) is 24.3 Å². The van der Waals surface area contributed by atoms with Gasteiger partial charge in [-0.15, -0.1) is 10.2 Å². The van der Waals surface area contributed by atoms with Gasteiger partial charge in [-0.2, -0.15) is 5.21 Å². The number of sulfonamides is 1. The predicted molar refractivity (Wildman–Crippen MR) is 68.0 cm³/mol. The number of hydrogen-bond donors (Lipinski definition) is 3. The molecule has 0 aliphatic heterocycles. The van der Waals surface area contributed by atoms with Crippen molar-refractivity contribution in [3.05, 3.63) is 41.2 Å². The molecule has 2 rings (SSSR count). The molecule has 0 radical (unpaired) electrons. The van der Waals surface area contributed by atoms with E-state index in [0.717, 1.165) is 5.56 Å². The average Bonchev–Trinajstić information content (AvgIpc) is 2.89. The minimum atomic E-state index is -3.45. The highest BCUT2D eigenvalue weighted by Crippen LogP contribution is 2.08. The normalized spacial score (nSPS) is 11.6. The van der Waals surface area contributed by atoms with Gasteiger partial charge in [-0.25, -0.2) is 13.1 Å². The molecular formula is C10H14N6O2S. The average molecular weight is 282 g/mol. The molecule has 0 bridgehead atoms. The van der Waals surface area contributed by atoms with Crippen LogP contribution in [-0.4, -0.2) is 29.0 Å². The molecule has 9 heteroatoms.